The number of rotatable bonds is 5. The highest BCUT2D eigenvalue weighted by molar-refractivity contribution is 6.30. The second-order valence-electron chi connectivity index (χ2n) is 5.27. The highest BCUT2D eigenvalue weighted by Crippen LogP contribution is 2.27. The quantitative estimate of drug-likeness (QED) is 0.867. The molecule has 1 saturated carbocycles. The zero-order valence-electron chi connectivity index (χ0n) is 11.3. The van der Waals surface area contributed by atoms with Crippen molar-refractivity contribution in [3.8, 4) is 0 Å². The molecule has 0 radical (unpaired) electrons. The Kier molecular flexibility index (Phi) is 5.23. The van der Waals surface area contributed by atoms with Gasteiger partial charge in [0.15, 0.2) is 0 Å². The first kappa shape index (κ1) is 14.4. The minimum atomic E-state index is -0.00725. The van der Waals surface area contributed by atoms with E-state index in [1.54, 1.807) is 24.3 Å². The zero-order chi connectivity index (χ0) is 13.7. The molecular formula is C15H21ClN2O. The van der Waals surface area contributed by atoms with Crippen LogP contribution in [0.2, 0.25) is 5.02 Å². The van der Waals surface area contributed by atoms with Crippen LogP contribution >= 0.6 is 11.6 Å². The highest BCUT2D eigenvalue weighted by Gasteiger charge is 2.21. The number of carbonyl (C=O) groups excluding carboxylic acids is 1. The van der Waals surface area contributed by atoms with E-state index in [4.69, 9.17) is 11.6 Å². The predicted molar refractivity (Wildman–Crippen MR) is 79.5 cm³/mol. The molecule has 19 heavy (non-hydrogen) atoms. The van der Waals surface area contributed by atoms with Crippen LogP contribution in [0.25, 0.3) is 0 Å². The average molecular weight is 281 g/mol. The maximum atomic E-state index is 11.8. The standard InChI is InChI=1S/C15H21ClN2O/c1-11(12-4-2-3-5-12)17-10-15(19)18-14-8-6-13(16)7-9-14/h6-9,11-12,17H,2-5,10H2,1H3,(H,18,19)/t11-/m0/s1. The Morgan fingerprint density at radius 2 is 1.95 bits per heavy atom. The summed E-state index contributed by atoms with van der Waals surface area (Å²) in [6, 6.07) is 7.57. The topological polar surface area (TPSA) is 41.1 Å². The van der Waals surface area contributed by atoms with E-state index in [9.17, 15) is 4.79 Å². The predicted octanol–water partition coefficient (Wildman–Crippen LogP) is 3.45. The molecule has 1 atom stereocenters. The third kappa shape index (κ3) is 4.51. The van der Waals surface area contributed by atoms with Crippen LogP contribution in [-0.2, 0) is 4.79 Å². The summed E-state index contributed by atoms with van der Waals surface area (Å²) in [5.74, 6) is 0.718. The number of hydrogen-bond donors (Lipinski definition) is 2. The molecule has 4 heteroatoms. The number of amides is 1. The molecule has 2 rings (SSSR count). The van der Waals surface area contributed by atoms with Gasteiger partial charge in [-0.2, -0.15) is 0 Å². The number of nitrogens with one attached hydrogen (secondary N) is 2. The largest absolute Gasteiger partial charge is 0.325 e. The lowest BCUT2D eigenvalue weighted by molar-refractivity contribution is -0.115. The Morgan fingerprint density at radius 1 is 1.32 bits per heavy atom. The molecule has 1 aromatic carbocycles. The van der Waals surface area contributed by atoms with Crippen molar-refractivity contribution in [2.75, 3.05) is 11.9 Å². The number of halogens is 1. The van der Waals surface area contributed by atoms with Crippen LogP contribution in [0, 0.1) is 5.92 Å². The van der Waals surface area contributed by atoms with E-state index in [2.05, 4.69) is 17.6 Å². The fraction of sp³-hybridized carbons (Fsp3) is 0.533. The fourth-order valence-electron chi connectivity index (χ4n) is 2.62. The van der Waals surface area contributed by atoms with Crippen LogP contribution in [0.5, 0.6) is 0 Å². The molecule has 1 aromatic rings. The lowest BCUT2D eigenvalue weighted by Crippen LogP contribution is -2.38. The van der Waals surface area contributed by atoms with Crippen molar-refractivity contribution >= 4 is 23.2 Å². The van der Waals surface area contributed by atoms with E-state index in [-0.39, 0.29) is 5.91 Å². The summed E-state index contributed by atoms with van der Waals surface area (Å²) in [5.41, 5.74) is 0.782. The molecule has 0 spiro atoms. The first-order valence-electron chi connectivity index (χ1n) is 6.94. The van der Waals surface area contributed by atoms with Crippen LogP contribution in [0.3, 0.4) is 0 Å². The van der Waals surface area contributed by atoms with Gasteiger partial charge in [-0.15, -0.1) is 0 Å². The van der Waals surface area contributed by atoms with E-state index >= 15 is 0 Å². The average Bonchev–Trinajstić information content (AvgIpc) is 2.93. The summed E-state index contributed by atoms with van der Waals surface area (Å²) in [7, 11) is 0. The van der Waals surface area contributed by atoms with Gasteiger partial charge in [0.2, 0.25) is 5.91 Å². The monoisotopic (exact) mass is 280 g/mol. The number of carbonyl (C=O) groups is 1. The van der Waals surface area contributed by atoms with Crippen LogP contribution < -0.4 is 10.6 Å². The van der Waals surface area contributed by atoms with Crippen LogP contribution in [0.1, 0.15) is 32.6 Å². The third-order valence-electron chi connectivity index (χ3n) is 3.82. The number of hydrogen-bond acceptors (Lipinski definition) is 2. The Balaban J connectivity index is 1.73. The Bertz CT molecular complexity index is 413. The van der Waals surface area contributed by atoms with Gasteiger partial charge in [-0.25, -0.2) is 0 Å². The smallest absolute Gasteiger partial charge is 0.238 e. The second kappa shape index (κ2) is 6.92. The molecule has 1 aliphatic rings. The molecule has 1 aliphatic carbocycles. The SMILES string of the molecule is C[C@H](NCC(=O)Nc1ccc(Cl)cc1)C1CCCC1. The van der Waals surface area contributed by atoms with Crippen LogP contribution in [-0.4, -0.2) is 18.5 Å². The lowest BCUT2D eigenvalue weighted by atomic mass is 10.00. The van der Waals surface area contributed by atoms with Gasteiger partial charge >= 0.3 is 0 Å². The van der Waals surface area contributed by atoms with Crippen molar-refractivity contribution < 1.29 is 4.79 Å². The van der Waals surface area contributed by atoms with Gasteiger partial charge in [-0.3, -0.25) is 4.79 Å². The molecule has 0 saturated heterocycles. The maximum absolute atomic E-state index is 11.8. The minimum Gasteiger partial charge on any atom is -0.325 e. The van der Waals surface area contributed by atoms with E-state index < -0.39 is 0 Å². The van der Waals surface area contributed by atoms with Crippen molar-refractivity contribution in [1.82, 2.24) is 5.32 Å². The van der Waals surface area contributed by atoms with Gasteiger partial charge in [0.05, 0.1) is 6.54 Å². The normalized spacial score (nSPS) is 17.4. The molecule has 3 nitrogen and oxygen atoms in total. The third-order valence-corrected chi connectivity index (χ3v) is 4.07. The molecular weight excluding hydrogens is 260 g/mol. The maximum Gasteiger partial charge on any atom is 0.238 e. The van der Waals surface area contributed by atoms with Crippen molar-refractivity contribution in [1.29, 1.82) is 0 Å². The second-order valence-corrected chi connectivity index (χ2v) is 5.71. The van der Waals surface area contributed by atoms with Crippen molar-refractivity contribution in [3.63, 3.8) is 0 Å². The van der Waals surface area contributed by atoms with Crippen LogP contribution in [0.15, 0.2) is 24.3 Å². The van der Waals surface area contributed by atoms with Gasteiger partial charge in [0.25, 0.3) is 0 Å². The summed E-state index contributed by atoms with van der Waals surface area (Å²) in [6.07, 6.45) is 5.22. The molecule has 2 N–H and O–H groups in total. The molecule has 0 aromatic heterocycles. The lowest BCUT2D eigenvalue weighted by Gasteiger charge is -2.20. The van der Waals surface area contributed by atoms with Gasteiger partial charge in [-0.05, 0) is 49.9 Å². The molecule has 104 valence electrons. The molecule has 0 heterocycles. The number of anilines is 1. The first-order valence-corrected chi connectivity index (χ1v) is 7.32. The number of benzene rings is 1. The summed E-state index contributed by atoms with van der Waals surface area (Å²) >= 11 is 5.80. The van der Waals surface area contributed by atoms with Gasteiger partial charge in [-0.1, -0.05) is 24.4 Å². The van der Waals surface area contributed by atoms with E-state index in [1.165, 1.54) is 25.7 Å². The van der Waals surface area contributed by atoms with Gasteiger partial charge in [0, 0.05) is 16.8 Å². The zero-order valence-corrected chi connectivity index (χ0v) is 12.0. The molecule has 1 amide bonds. The van der Waals surface area contributed by atoms with E-state index in [0.29, 0.717) is 17.6 Å². The van der Waals surface area contributed by atoms with E-state index in [0.717, 1.165) is 11.6 Å². The Hall–Kier alpha value is -1.06. The van der Waals surface area contributed by atoms with Crippen molar-refractivity contribution in [2.45, 2.75) is 38.6 Å². The van der Waals surface area contributed by atoms with Crippen molar-refractivity contribution in [2.24, 2.45) is 5.92 Å². The van der Waals surface area contributed by atoms with Gasteiger partial charge in [0.1, 0.15) is 0 Å². The van der Waals surface area contributed by atoms with Gasteiger partial charge < -0.3 is 10.6 Å². The molecule has 0 aliphatic heterocycles. The minimum absolute atomic E-state index is 0.00725. The highest BCUT2D eigenvalue weighted by atomic mass is 35.5. The van der Waals surface area contributed by atoms with Crippen LogP contribution in [0.4, 0.5) is 5.69 Å². The Labute approximate surface area is 119 Å². The van der Waals surface area contributed by atoms with E-state index in [1.807, 2.05) is 0 Å². The molecule has 0 unspecified atom stereocenters. The summed E-state index contributed by atoms with van der Waals surface area (Å²) in [4.78, 5) is 11.8. The molecule has 0 bridgehead atoms. The Morgan fingerprint density at radius 3 is 2.58 bits per heavy atom. The van der Waals surface area contributed by atoms with Crippen molar-refractivity contribution in [3.05, 3.63) is 29.3 Å². The summed E-state index contributed by atoms with van der Waals surface area (Å²) in [6.45, 7) is 2.53. The summed E-state index contributed by atoms with van der Waals surface area (Å²) < 4.78 is 0. The first-order chi connectivity index (χ1) is 9.15. The fourth-order valence-corrected chi connectivity index (χ4v) is 2.74. The summed E-state index contributed by atoms with van der Waals surface area (Å²) in [5, 5.41) is 6.85. The molecule has 1 fully saturated rings.